The summed E-state index contributed by atoms with van der Waals surface area (Å²) in [6.07, 6.45) is 0. The first-order chi connectivity index (χ1) is 19.0. The van der Waals surface area contributed by atoms with Crippen LogP contribution in [-0.4, -0.2) is 58.5 Å². The maximum absolute atomic E-state index is 14.0. The van der Waals surface area contributed by atoms with Gasteiger partial charge in [0.1, 0.15) is 12.6 Å². The minimum absolute atomic E-state index is 0.0848. The van der Waals surface area contributed by atoms with Crippen molar-refractivity contribution >= 4 is 55.1 Å². The number of hydrogen-bond donors (Lipinski definition) is 1. The van der Waals surface area contributed by atoms with Crippen molar-refractivity contribution in [1.29, 1.82) is 0 Å². The largest absolute Gasteiger partial charge is 0.493 e. The summed E-state index contributed by atoms with van der Waals surface area (Å²) in [7, 11) is -1.44. The number of nitrogens with zero attached hydrogens (tertiary/aromatic N) is 2. The summed E-state index contributed by atoms with van der Waals surface area (Å²) in [6.45, 7) is 3.28. The van der Waals surface area contributed by atoms with Crippen LogP contribution < -0.4 is 19.1 Å². The number of ether oxygens (including phenoxy) is 2. The van der Waals surface area contributed by atoms with Crippen LogP contribution in [0.1, 0.15) is 19.4 Å². The molecule has 3 rings (SSSR count). The zero-order chi connectivity index (χ0) is 29.4. The molecule has 0 saturated carbocycles. The van der Waals surface area contributed by atoms with E-state index in [1.807, 2.05) is 24.3 Å². The average Bonchev–Trinajstić information content (AvgIpc) is 2.94. The Labute approximate surface area is 248 Å². The molecule has 0 radical (unpaired) electrons. The van der Waals surface area contributed by atoms with Crippen LogP contribution in [0.4, 0.5) is 5.69 Å². The number of carbonyl (C=O) groups is 2. The molecule has 1 N–H and O–H groups in total. The number of benzene rings is 3. The van der Waals surface area contributed by atoms with Crippen molar-refractivity contribution in [3.05, 3.63) is 81.8 Å². The summed E-state index contributed by atoms with van der Waals surface area (Å²) in [5.74, 6) is -0.358. The molecule has 0 spiro atoms. The van der Waals surface area contributed by atoms with Crippen LogP contribution in [0.5, 0.6) is 11.5 Å². The van der Waals surface area contributed by atoms with Gasteiger partial charge in [-0.25, -0.2) is 8.42 Å². The highest BCUT2D eigenvalue weighted by Crippen LogP contribution is 2.32. The van der Waals surface area contributed by atoms with Crippen LogP contribution in [0.15, 0.2) is 76.1 Å². The van der Waals surface area contributed by atoms with Gasteiger partial charge in [-0.05, 0) is 67.9 Å². The van der Waals surface area contributed by atoms with Crippen LogP contribution >= 0.6 is 27.5 Å². The Morgan fingerprint density at radius 2 is 1.68 bits per heavy atom. The topological polar surface area (TPSA) is 105 Å². The standard InChI is InChI=1S/C28H31BrClN3O6S/c1-5-31-28(35)19(2)32(17-20-7-6-8-21(29)15-20)27(34)18-33(23-11-9-22(30)10-12-23)40(36,37)24-13-14-25(38-3)26(16-24)39-4/h6-16,19H,5,17-18H2,1-4H3,(H,31,35)/t19-/m1/s1. The van der Waals surface area contributed by atoms with E-state index >= 15 is 0 Å². The van der Waals surface area contributed by atoms with Crippen molar-refractivity contribution in [2.24, 2.45) is 0 Å². The average molecular weight is 653 g/mol. The molecule has 0 unspecified atom stereocenters. The van der Waals surface area contributed by atoms with Gasteiger partial charge in [0.25, 0.3) is 10.0 Å². The number of carbonyl (C=O) groups excluding carboxylic acids is 2. The molecule has 214 valence electrons. The van der Waals surface area contributed by atoms with Gasteiger partial charge in [-0.3, -0.25) is 13.9 Å². The van der Waals surface area contributed by atoms with Gasteiger partial charge in [0.2, 0.25) is 11.8 Å². The molecule has 12 heteroatoms. The van der Waals surface area contributed by atoms with E-state index in [0.717, 1.165) is 14.3 Å². The minimum atomic E-state index is -4.29. The lowest BCUT2D eigenvalue weighted by Crippen LogP contribution is -2.51. The summed E-state index contributed by atoms with van der Waals surface area (Å²) in [4.78, 5) is 27.9. The number of likely N-dealkylation sites (N-methyl/N-ethyl adjacent to an activating group) is 1. The van der Waals surface area contributed by atoms with E-state index < -0.39 is 28.5 Å². The van der Waals surface area contributed by atoms with Gasteiger partial charge in [-0.15, -0.1) is 0 Å². The molecule has 40 heavy (non-hydrogen) atoms. The Bertz CT molecular complexity index is 1450. The van der Waals surface area contributed by atoms with Crippen molar-refractivity contribution < 1.29 is 27.5 Å². The van der Waals surface area contributed by atoms with Gasteiger partial charge in [0.05, 0.1) is 24.8 Å². The predicted molar refractivity (Wildman–Crippen MR) is 158 cm³/mol. The number of hydrogen-bond acceptors (Lipinski definition) is 6. The van der Waals surface area contributed by atoms with Gasteiger partial charge < -0.3 is 19.7 Å². The Balaban J connectivity index is 2.07. The Kier molecular flexibility index (Phi) is 10.8. The summed E-state index contributed by atoms with van der Waals surface area (Å²) < 4.78 is 40.3. The quantitative estimate of drug-likeness (QED) is 0.300. The van der Waals surface area contributed by atoms with Crippen LogP contribution in [0.2, 0.25) is 5.02 Å². The second-order valence-electron chi connectivity index (χ2n) is 8.73. The van der Waals surface area contributed by atoms with Crippen molar-refractivity contribution in [1.82, 2.24) is 10.2 Å². The highest BCUT2D eigenvalue weighted by atomic mass is 79.9. The second-order valence-corrected chi connectivity index (χ2v) is 11.9. The molecule has 3 aromatic carbocycles. The molecule has 0 aromatic heterocycles. The summed E-state index contributed by atoms with van der Waals surface area (Å²) in [5, 5.41) is 3.14. The van der Waals surface area contributed by atoms with Crippen LogP contribution in [0.3, 0.4) is 0 Å². The molecule has 3 aromatic rings. The molecule has 0 aliphatic heterocycles. The SMILES string of the molecule is CCNC(=O)[C@@H](C)N(Cc1cccc(Br)c1)C(=O)CN(c1ccc(Cl)cc1)S(=O)(=O)c1ccc(OC)c(OC)c1. The lowest BCUT2D eigenvalue weighted by Gasteiger charge is -2.32. The molecular weight excluding hydrogens is 622 g/mol. The number of nitrogens with one attached hydrogen (secondary N) is 1. The first-order valence-corrected chi connectivity index (χ1v) is 14.9. The molecule has 0 bridgehead atoms. The number of halogens is 2. The number of anilines is 1. The van der Waals surface area contributed by atoms with Gasteiger partial charge >= 0.3 is 0 Å². The van der Waals surface area contributed by atoms with Crippen molar-refractivity contribution in [3.63, 3.8) is 0 Å². The van der Waals surface area contributed by atoms with E-state index in [-0.39, 0.29) is 28.8 Å². The Morgan fingerprint density at radius 3 is 2.27 bits per heavy atom. The molecule has 9 nitrogen and oxygen atoms in total. The molecule has 0 heterocycles. The first-order valence-electron chi connectivity index (χ1n) is 12.3. The zero-order valence-corrected chi connectivity index (χ0v) is 25.7. The van der Waals surface area contributed by atoms with Gasteiger partial charge in [-0.2, -0.15) is 0 Å². The molecular formula is C28H31BrClN3O6S. The molecule has 0 aliphatic rings. The fraction of sp³-hybridized carbons (Fsp3) is 0.286. The van der Waals surface area contributed by atoms with Crippen molar-refractivity contribution in [2.45, 2.75) is 31.3 Å². The van der Waals surface area contributed by atoms with Gasteiger partial charge in [0.15, 0.2) is 11.5 Å². The highest BCUT2D eigenvalue weighted by molar-refractivity contribution is 9.10. The normalized spacial score (nSPS) is 11.8. The number of rotatable bonds is 12. The van der Waals surface area contributed by atoms with Crippen molar-refractivity contribution in [3.8, 4) is 11.5 Å². The van der Waals surface area contributed by atoms with Crippen LogP contribution in [0, 0.1) is 0 Å². The third-order valence-corrected chi connectivity index (χ3v) is 8.61. The zero-order valence-electron chi connectivity index (χ0n) is 22.6. The van der Waals surface area contributed by atoms with Gasteiger partial charge in [0, 0.05) is 28.7 Å². The number of methoxy groups -OCH3 is 2. The lowest BCUT2D eigenvalue weighted by molar-refractivity contribution is -0.139. The van der Waals surface area contributed by atoms with E-state index in [9.17, 15) is 18.0 Å². The van der Waals surface area contributed by atoms with E-state index in [0.29, 0.717) is 17.3 Å². The van der Waals surface area contributed by atoms with E-state index in [2.05, 4.69) is 21.2 Å². The van der Waals surface area contributed by atoms with Crippen LogP contribution in [-0.2, 0) is 26.2 Å². The third kappa shape index (κ3) is 7.47. The smallest absolute Gasteiger partial charge is 0.264 e. The maximum Gasteiger partial charge on any atom is 0.264 e. The van der Waals surface area contributed by atoms with E-state index in [1.54, 1.807) is 13.8 Å². The van der Waals surface area contributed by atoms with Gasteiger partial charge in [-0.1, -0.05) is 39.7 Å². The van der Waals surface area contributed by atoms with E-state index in [1.165, 1.54) is 61.6 Å². The molecule has 1 atom stereocenters. The predicted octanol–water partition coefficient (Wildman–Crippen LogP) is 4.87. The number of amides is 2. The fourth-order valence-electron chi connectivity index (χ4n) is 3.98. The number of sulfonamides is 1. The Morgan fingerprint density at radius 1 is 1.00 bits per heavy atom. The lowest BCUT2D eigenvalue weighted by atomic mass is 10.1. The maximum atomic E-state index is 14.0. The summed E-state index contributed by atoms with van der Waals surface area (Å²) in [6, 6.07) is 16.7. The molecule has 0 saturated heterocycles. The fourth-order valence-corrected chi connectivity index (χ4v) is 5.98. The molecule has 0 fully saturated rings. The van der Waals surface area contributed by atoms with E-state index in [4.69, 9.17) is 21.1 Å². The van der Waals surface area contributed by atoms with Crippen LogP contribution in [0.25, 0.3) is 0 Å². The summed E-state index contributed by atoms with van der Waals surface area (Å²) in [5.41, 5.74) is 0.986. The Hall–Kier alpha value is -3.28. The third-order valence-electron chi connectivity index (χ3n) is 6.10. The second kappa shape index (κ2) is 13.9. The summed E-state index contributed by atoms with van der Waals surface area (Å²) >= 11 is 9.49. The molecule has 2 amide bonds. The van der Waals surface area contributed by atoms with Crippen molar-refractivity contribution in [2.75, 3.05) is 31.6 Å². The molecule has 0 aliphatic carbocycles. The first kappa shape index (κ1) is 31.3. The minimum Gasteiger partial charge on any atom is -0.493 e. The highest BCUT2D eigenvalue weighted by Gasteiger charge is 2.33. The monoisotopic (exact) mass is 651 g/mol.